The van der Waals surface area contributed by atoms with Crippen LogP contribution in [0.3, 0.4) is 0 Å². The summed E-state index contributed by atoms with van der Waals surface area (Å²) in [7, 11) is 1.91. The second kappa shape index (κ2) is 7.59. The Balaban J connectivity index is 1.93. The highest BCUT2D eigenvalue weighted by atomic mass is 16.1. The molecule has 1 aromatic carbocycles. The third kappa shape index (κ3) is 4.43. The van der Waals surface area contributed by atoms with E-state index in [0.29, 0.717) is 19.6 Å². The van der Waals surface area contributed by atoms with Crippen molar-refractivity contribution >= 4 is 5.69 Å². The molecule has 0 saturated carbocycles. The highest BCUT2D eigenvalue weighted by Crippen LogP contribution is 2.06. The monoisotopic (exact) mass is 286 g/mol. The van der Waals surface area contributed by atoms with Gasteiger partial charge in [-0.15, -0.1) is 0 Å². The van der Waals surface area contributed by atoms with Crippen molar-refractivity contribution in [3.63, 3.8) is 0 Å². The average molecular weight is 286 g/mol. The molecule has 0 amide bonds. The molecule has 0 bridgehead atoms. The Bertz CT molecular complexity index is 609. The Morgan fingerprint density at radius 1 is 1.29 bits per heavy atom. The Hall–Kier alpha value is -2.14. The molecule has 0 aliphatic rings. The second-order valence-corrected chi connectivity index (χ2v) is 5.07. The summed E-state index contributed by atoms with van der Waals surface area (Å²) in [5.41, 5.74) is 7.54. The van der Waals surface area contributed by atoms with Crippen molar-refractivity contribution in [2.75, 3.05) is 25.0 Å². The SMILES string of the molecule is CN(CCN)c1cnn(CCCc2ccccc2)c(=O)c1. The molecular formula is C16H22N4O. The van der Waals surface area contributed by atoms with Gasteiger partial charge in [0, 0.05) is 32.7 Å². The molecule has 5 nitrogen and oxygen atoms in total. The predicted octanol–water partition coefficient (Wildman–Crippen LogP) is 1.27. The van der Waals surface area contributed by atoms with Gasteiger partial charge in [0.2, 0.25) is 0 Å². The number of benzene rings is 1. The van der Waals surface area contributed by atoms with Crippen molar-refractivity contribution < 1.29 is 0 Å². The van der Waals surface area contributed by atoms with Crippen molar-refractivity contribution in [1.82, 2.24) is 9.78 Å². The largest absolute Gasteiger partial charge is 0.372 e. The standard InChI is InChI=1S/C16H22N4O/c1-19(11-9-17)15-12-16(21)20(18-13-15)10-5-8-14-6-3-2-4-7-14/h2-4,6-7,12-13H,5,8-11,17H2,1H3. The first-order valence-electron chi connectivity index (χ1n) is 7.23. The van der Waals surface area contributed by atoms with Gasteiger partial charge < -0.3 is 10.6 Å². The number of nitrogens with zero attached hydrogens (tertiary/aromatic N) is 3. The Morgan fingerprint density at radius 3 is 2.71 bits per heavy atom. The van der Waals surface area contributed by atoms with Crippen LogP contribution in [0.5, 0.6) is 0 Å². The summed E-state index contributed by atoms with van der Waals surface area (Å²) in [5.74, 6) is 0. The first-order chi connectivity index (χ1) is 10.2. The molecule has 1 heterocycles. The Labute approximate surface area is 125 Å². The molecule has 0 atom stereocenters. The van der Waals surface area contributed by atoms with Crippen LogP contribution >= 0.6 is 0 Å². The van der Waals surface area contributed by atoms with Gasteiger partial charge in [-0.25, -0.2) is 4.68 Å². The van der Waals surface area contributed by atoms with Crippen LogP contribution in [-0.4, -0.2) is 29.9 Å². The third-order valence-electron chi connectivity index (χ3n) is 3.44. The van der Waals surface area contributed by atoms with Crippen molar-refractivity contribution in [3.05, 3.63) is 58.5 Å². The van der Waals surface area contributed by atoms with E-state index in [-0.39, 0.29) is 5.56 Å². The van der Waals surface area contributed by atoms with Crippen molar-refractivity contribution in [2.45, 2.75) is 19.4 Å². The molecule has 0 saturated heterocycles. The van der Waals surface area contributed by atoms with Gasteiger partial charge >= 0.3 is 0 Å². The molecule has 0 unspecified atom stereocenters. The molecule has 0 radical (unpaired) electrons. The maximum atomic E-state index is 12.0. The highest BCUT2D eigenvalue weighted by molar-refractivity contribution is 5.41. The van der Waals surface area contributed by atoms with Crippen LogP contribution in [0.15, 0.2) is 47.4 Å². The van der Waals surface area contributed by atoms with Crippen LogP contribution in [0.2, 0.25) is 0 Å². The smallest absolute Gasteiger partial charge is 0.268 e. The molecule has 0 aliphatic carbocycles. The first-order valence-corrected chi connectivity index (χ1v) is 7.23. The predicted molar refractivity (Wildman–Crippen MR) is 85.6 cm³/mol. The maximum Gasteiger partial charge on any atom is 0.268 e. The minimum absolute atomic E-state index is 0.0653. The van der Waals surface area contributed by atoms with Gasteiger partial charge in [0.15, 0.2) is 0 Å². The fourth-order valence-electron chi connectivity index (χ4n) is 2.20. The number of hydrogen-bond acceptors (Lipinski definition) is 4. The van der Waals surface area contributed by atoms with E-state index in [1.165, 1.54) is 10.2 Å². The summed E-state index contributed by atoms with van der Waals surface area (Å²) in [6.07, 6.45) is 3.57. The van der Waals surface area contributed by atoms with Gasteiger partial charge in [0.1, 0.15) is 0 Å². The van der Waals surface area contributed by atoms with Gasteiger partial charge in [0.25, 0.3) is 5.56 Å². The molecular weight excluding hydrogens is 264 g/mol. The summed E-state index contributed by atoms with van der Waals surface area (Å²) in [6.45, 7) is 1.89. The number of anilines is 1. The number of nitrogens with two attached hydrogens (primary N) is 1. The quantitative estimate of drug-likeness (QED) is 0.832. The minimum Gasteiger partial charge on any atom is -0.372 e. The van der Waals surface area contributed by atoms with E-state index in [0.717, 1.165) is 18.5 Å². The zero-order chi connectivity index (χ0) is 15.1. The van der Waals surface area contributed by atoms with Crippen LogP contribution in [0.1, 0.15) is 12.0 Å². The molecule has 0 fully saturated rings. The molecule has 0 spiro atoms. The lowest BCUT2D eigenvalue weighted by atomic mass is 10.1. The molecule has 1 aromatic heterocycles. The zero-order valence-corrected chi connectivity index (χ0v) is 12.4. The lowest BCUT2D eigenvalue weighted by molar-refractivity contribution is 0.548. The normalized spacial score (nSPS) is 10.6. The van der Waals surface area contributed by atoms with Gasteiger partial charge in [-0.05, 0) is 18.4 Å². The Kier molecular flexibility index (Phi) is 5.51. The maximum absolute atomic E-state index is 12.0. The van der Waals surface area contributed by atoms with Crippen LogP contribution < -0.4 is 16.2 Å². The molecule has 2 rings (SSSR count). The number of aromatic nitrogens is 2. The zero-order valence-electron chi connectivity index (χ0n) is 12.4. The average Bonchev–Trinajstić information content (AvgIpc) is 2.50. The Morgan fingerprint density at radius 2 is 2.05 bits per heavy atom. The third-order valence-corrected chi connectivity index (χ3v) is 3.44. The van der Waals surface area contributed by atoms with Crippen LogP contribution in [0, 0.1) is 0 Å². The number of hydrogen-bond donors (Lipinski definition) is 1. The van der Waals surface area contributed by atoms with E-state index in [9.17, 15) is 4.79 Å². The number of aryl methyl sites for hydroxylation is 2. The molecule has 0 aliphatic heterocycles. The molecule has 112 valence electrons. The minimum atomic E-state index is -0.0653. The van der Waals surface area contributed by atoms with Gasteiger partial charge in [-0.2, -0.15) is 5.10 Å². The first kappa shape index (κ1) is 15.3. The fraction of sp³-hybridized carbons (Fsp3) is 0.375. The summed E-state index contributed by atoms with van der Waals surface area (Å²) in [5, 5.41) is 4.23. The highest BCUT2D eigenvalue weighted by Gasteiger charge is 2.04. The molecule has 5 heteroatoms. The van der Waals surface area contributed by atoms with Crippen molar-refractivity contribution in [3.8, 4) is 0 Å². The fourth-order valence-corrected chi connectivity index (χ4v) is 2.20. The van der Waals surface area contributed by atoms with Crippen LogP contribution in [0.25, 0.3) is 0 Å². The van der Waals surface area contributed by atoms with Crippen LogP contribution in [-0.2, 0) is 13.0 Å². The number of rotatable bonds is 7. The molecule has 2 aromatic rings. The molecule has 2 N–H and O–H groups in total. The second-order valence-electron chi connectivity index (χ2n) is 5.07. The van der Waals surface area contributed by atoms with Gasteiger partial charge in [-0.1, -0.05) is 30.3 Å². The van der Waals surface area contributed by atoms with Gasteiger partial charge in [0.05, 0.1) is 11.9 Å². The van der Waals surface area contributed by atoms with Gasteiger partial charge in [-0.3, -0.25) is 4.79 Å². The van der Waals surface area contributed by atoms with E-state index in [1.807, 2.05) is 30.1 Å². The lowest BCUT2D eigenvalue weighted by Gasteiger charge is -2.17. The molecule has 21 heavy (non-hydrogen) atoms. The van der Waals surface area contributed by atoms with E-state index in [2.05, 4.69) is 17.2 Å². The summed E-state index contributed by atoms with van der Waals surface area (Å²) in [4.78, 5) is 14.0. The lowest BCUT2D eigenvalue weighted by Crippen LogP contribution is -2.29. The number of likely N-dealkylation sites (N-methyl/N-ethyl adjacent to an activating group) is 1. The summed E-state index contributed by atoms with van der Waals surface area (Å²) < 4.78 is 1.52. The van der Waals surface area contributed by atoms with E-state index >= 15 is 0 Å². The van der Waals surface area contributed by atoms with E-state index < -0.39 is 0 Å². The van der Waals surface area contributed by atoms with Crippen molar-refractivity contribution in [2.24, 2.45) is 5.73 Å². The topological polar surface area (TPSA) is 64.2 Å². The summed E-state index contributed by atoms with van der Waals surface area (Å²) in [6, 6.07) is 11.9. The van der Waals surface area contributed by atoms with Crippen molar-refractivity contribution in [1.29, 1.82) is 0 Å². The van der Waals surface area contributed by atoms with E-state index in [4.69, 9.17) is 5.73 Å². The van der Waals surface area contributed by atoms with Crippen LogP contribution in [0.4, 0.5) is 5.69 Å². The van der Waals surface area contributed by atoms with E-state index in [1.54, 1.807) is 12.3 Å². The summed E-state index contributed by atoms with van der Waals surface area (Å²) >= 11 is 0.